The molecule has 1 saturated heterocycles. The molecule has 0 bridgehead atoms. The minimum absolute atomic E-state index is 0.0200. The van der Waals surface area contributed by atoms with Crippen LogP contribution in [0, 0.1) is 5.92 Å². The maximum Gasteiger partial charge on any atom is 0.0613 e. The Kier molecular flexibility index (Phi) is 4.16. The molecule has 3 heteroatoms. The van der Waals surface area contributed by atoms with Crippen LogP contribution in [0.3, 0.4) is 0 Å². The number of hydrogen-bond acceptors (Lipinski definition) is 3. The van der Waals surface area contributed by atoms with Crippen molar-refractivity contribution in [2.45, 2.75) is 75.9 Å². The highest BCUT2D eigenvalue weighted by molar-refractivity contribution is 5.03. The minimum atomic E-state index is 0.0200. The molecule has 3 nitrogen and oxygen atoms in total. The summed E-state index contributed by atoms with van der Waals surface area (Å²) in [6, 6.07) is 1.59. The van der Waals surface area contributed by atoms with Crippen molar-refractivity contribution in [1.82, 2.24) is 10.2 Å². The molecule has 0 aromatic rings. The van der Waals surface area contributed by atoms with Gasteiger partial charge in [-0.15, -0.1) is 0 Å². The van der Waals surface area contributed by atoms with Crippen LogP contribution in [0.2, 0.25) is 0 Å². The summed E-state index contributed by atoms with van der Waals surface area (Å²) >= 11 is 0. The van der Waals surface area contributed by atoms with E-state index < -0.39 is 0 Å². The first-order chi connectivity index (χ1) is 9.28. The SMILES string of the molecule is CCNC1(CO)CCC(N2CCC3CCCCC32)C1. The summed E-state index contributed by atoms with van der Waals surface area (Å²) in [4.78, 5) is 2.82. The number of fused-ring (bicyclic) bond motifs is 1. The van der Waals surface area contributed by atoms with Crippen LogP contribution in [0.5, 0.6) is 0 Å². The van der Waals surface area contributed by atoms with Gasteiger partial charge in [-0.25, -0.2) is 0 Å². The van der Waals surface area contributed by atoms with Gasteiger partial charge in [0.05, 0.1) is 6.61 Å². The number of rotatable bonds is 4. The smallest absolute Gasteiger partial charge is 0.0613 e. The van der Waals surface area contributed by atoms with Gasteiger partial charge in [0.25, 0.3) is 0 Å². The van der Waals surface area contributed by atoms with Gasteiger partial charge in [0.1, 0.15) is 0 Å². The van der Waals surface area contributed by atoms with E-state index in [-0.39, 0.29) is 5.54 Å². The van der Waals surface area contributed by atoms with Crippen molar-refractivity contribution in [3.05, 3.63) is 0 Å². The van der Waals surface area contributed by atoms with E-state index in [2.05, 4.69) is 17.1 Å². The van der Waals surface area contributed by atoms with Gasteiger partial charge >= 0.3 is 0 Å². The Balaban J connectivity index is 1.64. The van der Waals surface area contributed by atoms with Crippen LogP contribution < -0.4 is 5.32 Å². The van der Waals surface area contributed by atoms with Crippen LogP contribution in [0.25, 0.3) is 0 Å². The lowest BCUT2D eigenvalue weighted by molar-refractivity contribution is 0.115. The van der Waals surface area contributed by atoms with Crippen molar-refractivity contribution in [3.8, 4) is 0 Å². The molecular weight excluding hydrogens is 236 g/mol. The predicted octanol–water partition coefficient (Wildman–Crippen LogP) is 2.14. The molecule has 2 saturated carbocycles. The molecule has 2 aliphatic carbocycles. The van der Waals surface area contributed by atoms with Gasteiger partial charge in [-0.1, -0.05) is 19.8 Å². The number of likely N-dealkylation sites (tertiary alicyclic amines) is 1. The molecule has 3 rings (SSSR count). The van der Waals surface area contributed by atoms with Crippen LogP contribution >= 0.6 is 0 Å². The van der Waals surface area contributed by atoms with Crippen molar-refractivity contribution in [2.75, 3.05) is 19.7 Å². The Hall–Kier alpha value is -0.120. The summed E-state index contributed by atoms with van der Waals surface area (Å²) in [7, 11) is 0. The number of aliphatic hydroxyl groups excluding tert-OH is 1. The molecule has 2 N–H and O–H groups in total. The number of likely N-dealkylation sites (N-methyl/N-ethyl adjacent to an activating group) is 1. The summed E-state index contributed by atoms with van der Waals surface area (Å²) in [5.41, 5.74) is 0.0200. The Morgan fingerprint density at radius 2 is 2.05 bits per heavy atom. The average Bonchev–Trinajstić information content (AvgIpc) is 3.03. The third-order valence-electron chi connectivity index (χ3n) is 5.96. The fourth-order valence-corrected chi connectivity index (χ4v) is 5.01. The highest BCUT2D eigenvalue weighted by Gasteiger charge is 2.45. The average molecular weight is 266 g/mol. The van der Waals surface area contributed by atoms with Crippen molar-refractivity contribution < 1.29 is 5.11 Å². The maximum absolute atomic E-state index is 9.76. The summed E-state index contributed by atoms with van der Waals surface area (Å²) in [6.07, 6.45) is 10.8. The second-order valence-corrected chi connectivity index (χ2v) is 7.00. The van der Waals surface area contributed by atoms with Crippen LogP contribution in [0.15, 0.2) is 0 Å². The minimum Gasteiger partial charge on any atom is -0.394 e. The zero-order valence-electron chi connectivity index (χ0n) is 12.4. The molecule has 110 valence electrons. The summed E-state index contributed by atoms with van der Waals surface area (Å²) in [5, 5.41) is 13.3. The Bertz CT molecular complexity index is 309. The highest BCUT2D eigenvalue weighted by Crippen LogP contribution is 2.42. The van der Waals surface area contributed by atoms with Crippen LogP contribution in [0.1, 0.15) is 58.3 Å². The lowest BCUT2D eigenvalue weighted by atomic mass is 9.85. The van der Waals surface area contributed by atoms with Crippen molar-refractivity contribution in [3.63, 3.8) is 0 Å². The van der Waals surface area contributed by atoms with Crippen LogP contribution in [0.4, 0.5) is 0 Å². The van der Waals surface area contributed by atoms with E-state index in [1.807, 2.05) is 0 Å². The quantitative estimate of drug-likeness (QED) is 0.818. The van der Waals surface area contributed by atoms with E-state index in [1.54, 1.807) is 0 Å². The zero-order chi connectivity index (χ0) is 13.3. The molecule has 19 heavy (non-hydrogen) atoms. The molecule has 0 aromatic carbocycles. The first kappa shape index (κ1) is 13.8. The van der Waals surface area contributed by atoms with Crippen LogP contribution in [-0.2, 0) is 0 Å². The predicted molar refractivity (Wildman–Crippen MR) is 78.2 cm³/mol. The molecule has 1 aliphatic heterocycles. The molecular formula is C16H30N2O. The van der Waals surface area contributed by atoms with E-state index in [4.69, 9.17) is 0 Å². The summed E-state index contributed by atoms with van der Waals surface area (Å²) in [5.74, 6) is 0.983. The van der Waals surface area contributed by atoms with E-state index in [1.165, 1.54) is 45.1 Å². The molecule has 0 radical (unpaired) electrons. The van der Waals surface area contributed by atoms with Crippen molar-refractivity contribution in [2.24, 2.45) is 5.92 Å². The largest absolute Gasteiger partial charge is 0.394 e. The lowest BCUT2D eigenvalue weighted by Gasteiger charge is -2.36. The molecule has 4 atom stereocenters. The van der Waals surface area contributed by atoms with E-state index >= 15 is 0 Å². The standard InChI is InChI=1S/C16H30N2O/c1-2-17-16(12-19)9-7-14(11-16)18-10-8-13-5-3-4-6-15(13)18/h13-15,17,19H,2-12H2,1H3. The molecule has 3 aliphatic rings. The Morgan fingerprint density at radius 1 is 1.21 bits per heavy atom. The first-order valence-corrected chi connectivity index (χ1v) is 8.39. The Morgan fingerprint density at radius 3 is 2.84 bits per heavy atom. The monoisotopic (exact) mass is 266 g/mol. The van der Waals surface area contributed by atoms with Gasteiger partial charge in [0, 0.05) is 17.6 Å². The van der Waals surface area contributed by atoms with Gasteiger partial charge in [0.15, 0.2) is 0 Å². The lowest BCUT2D eigenvalue weighted by Crippen LogP contribution is -2.48. The molecule has 4 unspecified atom stereocenters. The summed E-state index contributed by atoms with van der Waals surface area (Å²) < 4.78 is 0. The number of hydrogen-bond donors (Lipinski definition) is 2. The van der Waals surface area contributed by atoms with Crippen molar-refractivity contribution >= 4 is 0 Å². The summed E-state index contributed by atoms with van der Waals surface area (Å²) in [6.45, 7) is 4.74. The fourth-order valence-electron chi connectivity index (χ4n) is 5.01. The molecule has 3 fully saturated rings. The second kappa shape index (κ2) is 5.71. The number of nitrogens with one attached hydrogen (secondary N) is 1. The molecule has 0 aromatic heterocycles. The molecule has 0 amide bonds. The van der Waals surface area contributed by atoms with Gasteiger partial charge in [0.2, 0.25) is 0 Å². The third kappa shape index (κ3) is 2.57. The van der Waals surface area contributed by atoms with Gasteiger partial charge in [-0.2, -0.15) is 0 Å². The van der Waals surface area contributed by atoms with Gasteiger partial charge < -0.3 is 10.4 Å². The number of aliphatic hydroxyl groups is 1. The second-order valence-electron chi connectivity index (χ2n) is 7.00. The van der Waals surface area contributed by atoms with E-state index in [9.17, 15) is 5.11 Å². The van der Waals surface area contributed by atoms with Gasteiger partial charge in [-0.3, -0.25) is 4.90 Å². The van der Waals surface area contributed by atoms with Gasteiger partial charge in [-0.05, 0) is 57.5 Å². The van der Waals surface area contributed by atoms with E-state index in [0.29, 0.717) is 6.61 Å². The molecule has 0 spiro atoms. The highest BCUT2D eigenvalue weighted by atomic mass is 16.3. The normalized spacial score (nSPS) is 43.6. The van der Waals surface area contributed by atoms with Crippen molar-refractivity contribution in [1.29, 1.82) is 0 Å². The maximum atomic E-state index is 9.76. The molecule has 1 heterocycles. The van der Waals surface area contributed by atoms with Crippen LogP contribution in [-0.4, -0.2) is 47.3 Å². The van der Waals surface area contributed by atoms with E-state index in [0.717, 1.165) is 37.4 Å². The number of nitrogens with zero attached hydrogens (tertiary/aromatic N) is 1. The first-order valence-electron chi connectivity index (χ1n) is 8.39. The topological polar surface area (TPSA) is 35.5 Å². The fraction of sp³-hybridized carbons (Fsp3) is 1.00. The zero-order valence-corrected chi connectivity index (χ0v) is 12.4. The Labute approximate surface area is 117 Å². The third-order valence-corrected chi connectivity index (χ3v) is 5.96.